The van der Waals surface area contributed by atoms with Crippen LogP contribution in [0.2, 0.25) is 0 Å². The maximum atomic E-state index is 14.3. The van der Waals surface area contributed by atoms with Crippen LogP contribution in [0.25, 0.3) is 16.9 Å². The third-order valence-corrected chi connectivity index (χ3v) is 8.80. The molecule has 9 nitrogen and oxygen atoms in total. The van der Waals surface area contributed by atoms with Crippen molar-refractivity contribution in [2.24, 2.45) is 0 Å². The van der Waals surface area contributed by atoms with Crippen molar-refractivity contribution in [1.29, 1.82) is 5.26 Å². The zero-order chi connectivity index (χ0) is 28.0. The van der Waals surface area contributed by atoms with Gasteiger partial charge >= 0.3 is 0 Å². The highest BCUT2D eigenvalue weighted by Crippen LogP contribution is 2.45. The largest absolute Gasteiger partial charge is 0.376 e. The number of aromatic nitrogens is 4. The van der Waals surface area contributed by atoms with Gasteiger partial charge in [-0.3, -0.25) is 9.36 Å². The molecule has 2 aliphatic heterocycles. The first-order valence-electron chi connectivity index (χ1n) is 14.6. The second kappa shape index (κ2) is 10.5. The Morgan fingerprint density at radius 2 is 1.78 bits per heavy atom. The van der Waals surface area contributed by atoms with E-state index in [9.17, 15) is 10.1 Å². The molecule has 2 unspecified atom stereocenters. The summed E-state index contributed by atoms with van der Waals surface area (Å²) >= 11 is 0. The molecule has 4 heterocycles. The standard InChI is InChI=1S/C32H33N5O4/c1-2-5-27-26(16-21-8-10-22(11-9-21)25-7-4-3-6-23(25)17-33)30(38)36(31-34-20-35-37(27)31)24-12-14-32(15-13-24)40-28-18-39-19-29(28)41-32/h3-4,6-11,20,24,28-29H,2,5,12-16,18-19H2,1H3. The summed E-state index contributed by atoms with van der Waals surface area (Å²) in [5.41, 5.74) is 5.25. The topological polar surface area (TPSA) is 104 Å². The van der Waals surface area contributed by atoms with Gasteiger partial charge in [-0.2, -0.15) is 15.3 Å². The molecule has 2 saturated heterocycles. The monoisotopic (exact) mass is 551 g/mol. The number of nitriles is 1. The van der Waals surface area contributed by atoms with Crippen molar-refractivity contribution in [2.45, 2.75) is 75.9 Å². The Hall–Kier alpha value is -3.84. The molecular formula is C32H33N5O4. The second-order valence-corrected chi connectivity index (χ2v) is 11.3. The summed E-state index contributed by atoms with van der Waals surface area (Å²) in [6.07, 6.45) is 6.69. The molecule has 1 saturated carbocycles. The van der Waals surface area contributed by atoms with E-state index < -0.39 is 5.79 Å². The van der Waals surface area contributed by atoms with E-state index in [0.717, 1.165) is 66.5 Å². The third kappa shape index (κ3) is 4.56. The number of nitrogens with zero attached hydrogens (tertiary/aromatic N) is 5. The Labute approximate surface area is 238 Å². The molecule has 7 rings (SSSR count). The summed E-state index contributed by atoms with van der Waals surface area (Å²) in [5.74, 6) is 0.0326. The molecule has 0 amide bonds. The fourth-order valence-electron chi connectivity index (χ4n) is 6.77. The van der Waals surface area contributed by atoms with Crippen LogP contribution in [0.4, 0.5) is 0 Å². The molecular weight excluding hydrogens is 518 g/mol. The number of hydrogen-bond acceptors (Lipinski definition) is 7. The van der Waals surface area contributed by atoms with Gasteiger partial charge in [0, 0.05) is 30.9 Å². The number of fused-ring (bicyclic) bond motifs is 2. The lowest BCUT2D eigenvalue weighted by Crippen LogP contribution is -2.40. The van der Waals surface area contributed by atoms with Crippen molar-refractivity contribution < 1.29 is 14.2 Å². The number of benzene rings is 2. The first-order chi connectivity index (χ1) is 20.1. The smallest absolute Gasteiger partial charge is 0.259 e. The highest BCUT2D eigenvalue weighted by Gasteiger charge is 2.51. The molecule has 4 aromatic rings. The fourth-order valence-corrected chi connectivity index (χ4v) is 6.77. The van der Waals surface area contributed by atoms with Crippen molar-refractivity contribution in [3.05, 3.63) is 87.6 Å². The minimum atomic E-state index is -0.569. The van der Waals surface area contributed by atoms with Crippen LogP contribution in [0.5, 0.6) is 0 Å². The summed E-state index contributed by atoms with van der Waals surface area (Å²) in [6.45, 7) is 3.29. The van der Waals surface area contributed by atoms with Crippen LogP contribution in [0.15, 0.2) is 59.7 Å². The van der Waals surface area contributed by atoms with E-state index in [4.69, 9.17) is 14.2 Å². The van der Waals surface area contributed by atoms with Crippen LogP contribution in [0.3, 0.4) is 0 Å². The predicted octanol–water partition coefficient (Wildman–Crippen LogP) is 4.60. The Morgan fingerprint density at radius 1 is 1.05 bits per heavy atom. The molecule has 41 heavy (non-hydrogen) atoms. The predicted molar refractivity (Wildman–Crippen MR) is 151 cm³/mol. The number of ether oxygens (including phenoxy) is 3. The summed E-state index contributed by atoms with van der Waals surface area (Å²) < 4.78 is 21.9. The molecule has 9 heteroatoms. The van der Waals surface area contributed by atoms with Gasteiger partial charge in [0.2, 0.25) is 5.78 Å². The second-order valence-electron chi connectivity index (χ2n) is 11.3. The van der Waals surface area contributed by atoms with Crippen LogP contribution in [-0.2, 0) is 27.1 Å². The van der Waals surface area contributed by atoms with E-state index in [1.54, 1.807) is 6.33 Å². The van der Waals surface area contributed by atoms with Gasteiger partial charge in [-0.15, -0.1) is 0 Å². The molecule has 0 radical (unpaired) electrons. The highest BCUT2D eigenvalue weighted by molar-refractivity contribution is 5.70. The Balaban J connectivity index is 1.21. The Morgan fingerprint density at radius 3 is 2.49 bits per heavy atom. The summed E-state index contributed by atoms with van der Waals surface area (Å²) in [6, 6.07) is 18.0. The molecule has 1 aliphatic carbocycles. The quantitative estimate of drug-likeness (QED) is 0.345. The average molecular weight is 552 g/mol. The molecule has 1 spiro atoms. The highest BCUT2D eigenvalue weighted by atomic mass is 16.8. The van der Waals surface area contributed by atoms with E-state index in [1.165, 1.54) is 0 Å². The van der Waals surface area contributed by atoms with Crippen LogP contribution in [0, 0.1) is 11.3 Å². The molecule has 210 valence electrons. The minimum Gasteiger partial charge on any atom is -0.376 e. The van der Waals surface area contributed by atoms with Crippen molar-refractivity contribution in [3.63, 3.8) is 0 Å². The van der Waals surface area contributed by atoms with Gasteiger partial charge < -0.3 is 14.2 Å². The van der Waals surface area contributed by atoms with E-state index in [1.807, 2.05) is 57.6 Å². The first-order valence-corrected chi connectivity index (χ1v) is 14.6. The lowest BCUT2D eigenvalue weighted by atomic mass is 9.89. The third-order valence-electron chi connectivity index (χ3n) is 8.80. The van der Waals surface area contributed by atoms with Crippen molar-refractivity contribution >= 4 is 5.78 Å². The summed E-state index contributed by atoms with van der Waals surface area (Å²) in [7, 11) is 0. The van der Waals surface area contributed by atoms with Gasteiger partial charge in [0.05, 0.1) is 30.5 Å². The van der Waals surface area contributed by atoms with Crippen LogP contribution >= 0.6 is 0 Å². The minimum absolute atomic E-state index is 0.00679. The van der Waals surface area contributed by atoms with Gasteiger partial charge in [0.15, 0.2) is 5.79 Å². The fraction of sp³-hybridized carbons (Fsp3) is 0.438. The van der Waals surface area contributed by atoms with Crippen molar-refractivity contribution in [2.75, 3.05) is 13.2 Å². The molecule has 2 aromatic carbocycles. The normalized spacial score (nSPS) is 25.5. The van der Waals surface area contributed by atoms with Crippen molar-refractivity contribution in [1.82, 2.24) is 19.2 Å². The lowest BCUT2D eigenvalue weighted by molar-refractivity contribution is -0.211. The van der Waals surface area contributed by atoms with E-state index in [-0.39, 0.29) is 23.8 Å². The zero-order valence-corrected chi connectivity index (χ0v) is 23.2. The van der Waals surface area contributed by atoms with Gasteiger partial charge in [-0.1, -0.05) is 55.8 Å². The maximum absolute atomic E-state index is 14.3. The van der Waals surface area contributed by atoms with Gasteiger partial charge in [0.1, 0.15) is 18.5 Å². The molecule has 3 aliphatic rings. The molecule has 3 fully saturated rings. The number of aryl methyl sites for hydroxylation is 1. The van der Waals surface area contributed by atoms with Crippen LogP contribution in [-0.4, -0.2) is 50.4 Å². The Kier molecular flexibility index (Phi) is 6.70. The van der Waals surface area contributed by atoms with E-state index >= 15 is 0 Å². The summed E-state index contributed by atoms with van der Waals surface area (Å²) in [5, 5.41) is 14.1. The van der Waals surface area contributed by atoms with Gasteiger partial charge in [-0.25, -0.2) is 4.52 Å². The molecule has 0 bridgehead atoms. The SMILES string of the molecule is CCCc1c(Cc2ccc(-c3ccccc3C#N)cc2)c(=O)n(C2CCC3(CC2)OC2COCC2O3)c2ncnn12. The number of rotatable bonds is 6. The zero-order valence-electron chi connectivity index (χ0n) is 23.2. The Bertz CT molecular complexity index is 1660. The first kappa shape index (κ1) is 26.1. The maximum Gasteiger partial charge on any atom is 0.259 e. The van der Waals surface area contributed by atoms with E-state index in [2.05, 4.69) is 23.1 Å². The number of hydrogen-bond donors (Lipinski definition) is 0. The molecule has 2 atom stereocenters. The van der Waals surface area contributed by atoms with E-state index in [0.29, 0.717) is 31.0 Å². The van der Waals surface area contributed by atoms with Crippen LogP contribution < -0.4 is 5.56 Å². The van der Waals surface area contributed by atoms with Crippen LogP contribution in [0.1, 0.15) is 67.5 Å². The van der Waals surface area contributed by atoms with Gasteiger partial charge in [0.25, 0.3) is 5.56 Å². The van der Waals surface area contributed by atoms with Crippen molar-refractivity contribution in [3.8, 4) is 17.2 Å². The average Bonchev–Trinajstić information content (AvgIpc) is 3.73. The summed E-state index contributed by atoms with van der Waals surface area (Å²) in [4.78, 5) is 18.8. The molecule has 0 N–H and O–H groups in total. The lowest BCUT2D eigenvalue weighted by Gasteiger charge is -2.37. The molecule has 2 aromatic heterocycles. The van der Waals surface area contributed by atoms with Gasteiger partial charge in [-0.05, 0) is 42.0 Å².